The molecule has 4 nitrogen and oxygen atoms in total. The Morgan fingerprint density at radius 2 is 1.84 bits per heavy atom. The van der Waals surface area contributed by atoms with Gasteiger partial charge in [0.2, 0.25) is 0 Å². The third kappa shape index (κ3) is 6.44. The third-order valence-electron chi connectivity index (χ3n) is 3.52. The zero-order chi connectivity index (χ0) is 18.2. The maximum absolute atomic E-state index is 11.9. The molecule has 0 aliphatic rings. The Balaban J connectivity index is 1.69. The van der Waals surface area contributed by atoms with Gasteiger partial charge in [0.25, 0.3) is 5.91 Å². The van der Waals surface area contributed by atoms with Gasteiger partial charge in [-0.2, -0.15) is 0 Å². The molecule has 2 aromatic carbocycles. The van der Waals surface area contributed by atoms with Crippen LogP contribution in [0.15, 0.2) is 42.5 Å². The molecule has 1 N–H and O–H groups in total. The van der Waals surface area contributed by atoms with Crippen LogP contribution in [0.4, 0.5) is 5.69 Å². The molecule has 0 unspecified atom stereocenters. The van der Waals surface area contributed by atoms with Gasteiger partial charge in [-0.3, -0.25) is 9.59 Å². The topological polar surface area (TPSA) is 55.4 Å². The van der Waals surface area contributed by atoms with Gasteiger partial charge in [-0.15, -0.1) is 11.8 Å². The predicted octanol–water partition coefficient (Wildman–Crippen LogP) is 4.37. The zero-order valence-electron chi connectivity index (χ0n) is 14.2. The van der Waals surface area contributed by atoms with Gasteiger partial charge >= 0.3 is 5.97 Å². The van der Waals surface area contributed by atoms with E-state index in [4.69, 9.17) is 16.3 Å². The lowest BCUT2D eigenvalue weighted by atomic mass is 10.2. The average molecular weight is 378 g/mol. The number of nitrogens with one attached hydrogen (secondary N) is 1. The lowest BCUT2D eigenvalue weighted by molar-refractivity contribution is -0.144. The van der Waals surface area contributed by atoms with Gasteiger partial charge in [-0.25, -0.2) is 0 Å². The first kappa shape index (κ1) is 19.3. The number of rotatable bonds is 7. The van der Waals surface area contributed by atoms with Crippen LogP contribution in [0.1, 0.15) is 16.7 Å². The molecule has 0 fully saturated rings. The summed E-state index contributed by atoms with van der Waals surface area (Å²) in [5.74, 6) is 0.137. The second kappa shape index (κ2) is 9.49. The van der Waals surface area contributed by atoms with Crippen LogP contribution in [-0.4, -0.2) is 24.2 Å². The maximum Gasteiger partial charge on any atom is 0.316 e. The van der Waals surface area contributed by atoms with Crippen molar-refractivity contribution in [2.75, 3.05) is 17.7 Å². The summed E-state index contributed by atoms with van der Waals surface area (Å²) in [6.07, 6.45) is 0. The molecule has 6 heteroatoms. The minimum absolute atomic E-state index is 0.206. The fourth-order valence-electron chi connectivity index (χ4n) is 2.05. The number of amides is 1. The fourth-order valence-corrected chi connectivity index (χ4v) is 3.01. The van der Waals surface area contributed by atoms with E-state index >= 15 is 0 Å². The third-order valence-corrected chi connectivity index (χ3v) is 4.90. The van der Waals surface area contributed by atoms with Crippen molar-refractivity contribution < 1.29 is 14.3 Å². The van der Waals surface area contributed by atoms with Crippen molar-refractivity contribution in [3.05, 3.63) is 64.2 Å². The molecular weight excluding hydrogens is 358 g/mol. The quantitative estimate of drug-likeness (QED) is 0.728. The zero-order valence-corrected chi connectivity index (χ0v) is 15.7. The van der Waals surface area contributed by atoms with Crippen LogP contribution < -0.4 is 5.32 Å². The molecule has 2 rings (SSSR count). The van der Waals surface area contributed by atoms with Crippen molar-refractivity contribution in [1.82, 2.24) is 0 Å². The van der Waals surface area contributed by atoms with E-state index in [1.54, 1.807) is 18.2 Å². The molecular formula is C19H20ClNO3S. The van der Waals surface area contributed by atoms with Crippen LogP contribution in [0.25, 0.3) is 0 Å². The summed E-state index contributed by atoms with van der Waals surface area (Å²) in [4.78, 5) is 23.6. The van der Waals surface area contributed by atoms with Crippen LogP contribution in [0.2, 0.25) is 5.02 Å². The van der Waals surface area contributed by atoms with Crippen molar-refractivity contribution in [3.8, 4) is 0 Å². The van der Waals surface area contributed by atoms with E-state index in [0.717, 1.165) is 16.9 Å². The highest BCUT2D eigenvalue weighted by Crippen LogP contribution is 2.22. The van der Waals surface area contributed by atoms with E-state index in [-0.39, 0.29) is 18.3 Å². The summed E-state index contributed by atoms with van der Waals surface area (Å²) in [5, 5.41) is 3.26. The summed E-state index contributed by atoms with van der Waals surface area (Å²) in [6.45, 7) is 3.53. The number of anilines is 1. The van der Waals surface area contributed by atoms with Crippen LogP contribution >= 0.6 is 23.4 Å². The fraction of sp³-hybridized carbons (Fsp3) is 0.263. The Kier molecular flexibility index (Phi) is 7.34. The Labute approximate surface area is 156 Å². The van der Waals surface area contributed by atoms with Gasteiger partial charge in [0, 0.05) is 16.5 Å². The highest BCUT2D eigenvalue weighted by molar-refractivity contribution is 7.99. The number of halogens is 1. The molecule has 2 aromatic rings. The van der Waals surface area contributed by atoms with Crippen molar-refractivity contribution in [2.45, 2.75) is 19.6 Å². The van der Waals surface area contributed by atoms with Crippen LogP contribution in [0.5, 0.6) is 0 Å². The molecule has 0 bridgehead atoms. The second-order valence-electron chi connectivity index (χ2n) is 5.60. The molecule has 1 amide bonds. The first-order chi connectivity index (χ1) is 12.0. The van der Waals surface area contributed by atoms with E-state index in [9.17, 15) is 9.59 Å². The molecule has 0 aliphatic heterocycles. The number of ether oxygens (including phenoxy) is 1. The first-order valence-corrected chi connectivity index (χ1v) is 9.33. The van der Waals surface area contributed by atoms with Crippen molar-refractivity contribution in [2.24, 2.45) is 0 Å². The van der Waals surface area contributed by atoms with Crippen LogP contribution in [0, 0.1) is 13.8 Å². The van der Waals surface area contributed by atoms with Crippen molar-refractivity contribution >= 4 is 40.9 Å². The maximum atomic E-state index is 11.9. The first-order valence-electron chi connectivity index (χ1n) is 7.79. The predicted molar refractivity (Wildman–Crippen MR) is 103 cm³/mol. The SMILES string of the molecule is Cc1ccc(CSCC(=O)OCC(=O)Nc2cccc(Cl)c2C)cc1. The number of aryl methyl sites for hydroxylation is 1. The van der Waals surface area contributed by atoms with Gasteiger partial charge in [0.05, 0.1) is 5.75 Å². The van der Waals surface area contributed by atoms with E-state index in [1.165, 1.54) is 17.3 Å². The Morgan fingerprint density at radius 1 is 1.12 bits per heavy atom. The number of thioether (sulfide) groups is 1. The minimum atomic E-state index is -0.407. The molecule has 0 aromatic heterocycles. The summed E-state index contributed by atoms with van der Waals surface area (Å²) >= 11 is 7.46. The van der Waals surface area contributed by atoms with Gasteiger partial charge in [0.1, 0.15) is 0 Å². The number of carbonyl (C=O) groups excluding carboxylic acids is 2. The summed E-state index contributed by atoms with van der Waals surface area (Å²) < 4.78 is 5.00. The normalized spacial score (nSPS) is 10.4. The molecule has 0 saturated heterocycles. The molecule has 0 heterocycles. The standard InChI is InChI=1S/C19H20ClNO3S/c1-13-6-8-15(9-7-13)11-25-12-19(23)24-10-18(22)21-17-5-3-4-16(20)14(17)2/h3-9H,10-12H2,1-2H3,(H,21,22). The summed E-state index contributed by atoms with van der Waals surface area (Å²) in [6, 6.07) is 13.4. The summed E-state index contributed by atoms with van der Waals surface area (Å²) in [7, 11) is 0. The largest absolute Gasteiger partial charge is 0.455 e. The molecule has 0 aliphatic carbocycles. The van der Waals surface area contributed by atoms with E-state index in [0.29, 0.717) is 10.7 Å². The van der Waals surface area contributed by atoms with Crippen LogP contribution in [-0.2, 0) is 20.1 Å². The Hall–Kier alpha value is -1.98. The Bertz CT molecular complexity index is 747. The second-order valence-corrected chi connectivity index (χ2v) is 6.99. The van der Waals surface area contributed by atoms with E-state index < -0.39 is 5.97 Å². The molecule has 0 spiro atoms. The molecule has 132 valence electrons. The van der Waals surface area contributed by atoms with E-state index in [2.05, 4.69) is 5.32 Å². The minimum Gasteiger partial charge on any atom is -0.455 e. The number of benzene rings is 2. The summed E-state index contributed by atoms with van der Waals surface area (Å²) in [5.41, 5.74) is 3.74. The molecule has 0 atom stereocenters. The average Bonchev–Trinajstić information content (AvgIpc) is 2.59. The molecule has 0 saturated carbocycles. The van der Waals surface area contributed by atoms with Crippen molar-refractivity contribution in [1.29, 1.82) is 0 Å². The lowest BCUT2D eigenvalue weighted by Crippen LogP contribution is -2.22. The van der Waals surface area contributed by atoms with Gasteiger partial charge < -0.3 is 10.1 Å². The highest BCUT2D eigenvalue weighted by Gasteiger charge is 2.10. The van der Waals surface area contributed by atoms with Gasteiger partial charge in [-0.1, -0.05) is 47.5 Å². The van der Waals surface area contributed by atoms with Gasteiger partial charge in [0.15, 0.2) is 6.61 Å². The monoisotopic (exact) mass is 377 g/mol. The van der Waals surface area contributed by atoms with Crippen LogP contribution in [0.3, 0.4) is 0 Å². The number of hydrogen-bond donors (Lipinski definition) is 1. The number of esters is 1. The smallest absolute Gasteiger partial charge is 0.316 e. The number of carbonyl (C=O) groups is 2. The Morgan fingerprint density at radius 3 is 2.56 bits per heavy atom. The highest BCUT2D eigenvalue weighted by atomic mass is 35.5. The number of hydrogen-bond acceptors (Lipinski definition) is 4. The van der Waals surface area contributed by atoms with Gasteiger partial charge in [-0.05, 0) is 37.1 Å². The molecule has 25 heavy (non-hydrogen) atoms. The van der Waals surface area contributed by atoms with E-state index in [1.807, 2.05) is 38.1 Å². The lowest BCUT2D eigenvalue weighted by Gasteiger charge is -2.10. The molecule has 0 radical (unpaired) electrons. The van der Waals surface area contributed by atoms with Crippen molar-refractivity contribution in [3.63, 3.8) is 0 Å².